The van der Waals surface area contributed by atoms with Crippen LogP contribution >= 0.6 is 0 Å². The van der Waals surface area contributed by atoms with Gasteiger partial charge in [0.15, 0.2) is 0 Å². The molecule has 0 aliphatic carbocycles. The monoisotopic (exact) mass is 330 g/mol. The van der Waals surface area contributed by atoms with Crippen molar-refractivity contribution in [2.24, 2.45) is 0 Å². The molecule has 0 saturated heterocycles. The van der Waals surface area contributed by atoms with Crippen molar-refractivity contribution >= 4 is 11.8 Å². The first-order valence-corrected chi connectivity index (χ1v) is 8.38. The molecule has 0 bridgehead atoms. The van der Waals surface area contributed by atoms with Gasteiger partial charge in [-0.25, -0.2) is 9.48 Å². The largest absolute Gasteiger partial charge is 0.395 e. The number of aromatic nitrogens is 2. The highest BCUT2D eigenvalue weighted by atomic mass is 16.3. The summed E-state index contributed by atoms with van der Waals surface area (Å²) in [6.07, 6.45) is 0.839. The minimum absolute atomic E-state index is 0.0495. The zero-order valence-electron chi connectivity index (χ0n) is 14.6. The van der Waals surface area contributed by atoms with E-state index in [-0.39, 0.29) is 18.7 Å². The van der Waals surface area contributed by atoms with E-state index in [1.165, 1.54) is 0 Å². The first-order valence-electron chi connectivity index (χ1n) is 8.38. The molecule has 2 aromatic rings. The maximum atomic E-state index is 12.5. The fourth-order valence-electron chi connectivity index (χ4n) is 2.53. The molecule has 0 atom stereocenters. The first kappa shape index (κ1) is 18.0. The number of amides is 2. The minimum atomic E-state index is -0.215. The summed E-state index contributed by atoms with van der Waals surface area (Å²) < 4.78 is 1.81. The van der Waals surface area contributed by atoms with Crippen LogP contribution in [0, 0.1) is 0 Å². The molecule has 0 unspecified atom stereocenters. The van der Waals surface area contributed by atoms with Crippen LogP contribution in [0.1, 0.15) is 33.2 Å². The van der Waals surface area contributed by atoms with E-state index in [1.807, 2.05) is 61.9 Å². The van der Waals surface area contributed by atoms with Crippen molar-refractivity contribution in [3.05, 3.63) is 36.4 Å². The number of carbonyl (C=O) groups is 1. The molecule has 1 aromatic carbocycles. The van der Waals surface area contributed by atoms with Crippen LogP contribution in [0.25, 0.3) is 11.3 Å². The van der Waals surface area contributed by atoms with Gasteiger partial charge in [-0.2, -0.15) is 5.10 Å². The third-order valence-electron chi connectivity index (χ3n) is 3.68. The van der Waals surface area contributed by atoms with Crippen LogP contribution in [-0.4, -0.2) is 45.5 Å². The lowest BCUT2D eigenvalue weighted by molar-refractivity contribution is 0.188. The van der Waals surface area contributed by atoms with E-state index in [2.05, 4.69) is 10.4 Å². The summed E-state index contributed by atoms with van der Waals surface area (Å²) in [5, 5.41) is 16.7. The number of nitrogens with one attached hydrogen (secondary N) is 1. The van der Waals surface area contributed by atoms with Gasteiger partial charge in [-0.3, -0.25) is 5.32 Å². The van der Waals surface area contributed by atoms with Gasteiger partial charge in [0.2, 0.25) is 0 Å². The Morgan fingerprint density at radius 1 is 1.29 bits per heavy atom. The van der Waals surface area contributed by atoms with E-state index in [4.69, 9.17) is 5.11 Å². The predicted octanol–water partition coefficient (Wildman–Crippen LogP) is 3.37. The molecule has 1 aromatic heterocycles. The standard InChI is InChI=1S/C18H26N4O2/c1-4-10-21(11-12-23)18(24)19-17-13-16(20-22(17)14(2)3)15-8-6-5-7-9-15/h5-9,13-14,23H,4,10-12H2,1-3H3,(H,19,24). The number of benzene rings is 1. The van der Waals surface area contributed by atoms with E-state index in [0.717, 1.165) is 17.7 Å². The molecule has 0 saturated carbocycles. The number of nitrogens with zero attached hydrogens (tertiary/aromatic N) is 3. The van der Waals surface area contributed by atoms with Gasteiger partial charge in [0, 0.05) is 30.8 Å². The third kappa shape index (κ3) is 4.35. The Morgan fingerprint density at radius 2 is 2.00 bits per heavy atom. The molecular formula is C18H26N4O2. The molecule has 6 nitrogen and oxygen atoms in total. The number of aliphatic hydroxyl groups excluding tert-OH is 1. The molecule has 0 aliphatic heterocycles. The van der Waals surface area contributed by atoms with E-state index < -0.39 is 0 Å². The van der Waals surface area contributed by atoms with Gasteiger partial charge in [0.05, 0.1) is 12.3 Å². The Morgan fingerprint density at radius 3 is 2.58 bits per heavy atom. The van der Waals surface area contributed by atoms with Crippen molar-refractivity contribution < 1.29 is 9.90 Å². The first-order chi connectivity index (χ1) is 11.6. The summed E-state index contributed by atoms with van der Waals surface area (Å²) in [6.45, 7) is 6.92. The van der Waals surface area contributed by atoms with Crippen LogP contribution in [0.15, 0.2) is 36.4 Å². The van der Waals surface area contributed by atoms with Crippen molar-refractivity contribution in [2.45, 2.75) is 33.2 Å². The van der Waals surface area contributed by atoms with E-state index in [9.17, 15) is 4.79 Å². The zero-order valence-corrected chi connectivity index (χ0v) is 14.6. The molecule has 0 spiro atoms. The summed E-state index contributed by atoms with van der Waals surface area (Å²) in [7, 11) is 0. The second kappa shape index (κ2) is 8.49. The Balaban J connectivity index is 2.25. The Labute approximate surface area is 143 Å². The van der Waals surface area contributed by atoms with Gasteiger partial charge in [0.1, 0.15) is 5.82 Å². The fourth-order valence-corrected chi connectivity index (χ4v) is 2.53. The lowest BCUT2D eigenvalue weighted by Crippen LogP contribution is -2.38. The molecule has 2 N–H and O–H groups in total. The van der Waals surface area contributed by atoms with Gasteiger partial charge in [-0.15, -0.1) is 0 Å². The van der Waals surface area contributed by atoms with Gasteiger partial charge in [-0.1, -0.05) is 37.3 Å². The summed E-state index contributed by atoms with van der Waals surface area (Å²) in [4.78, 5) is 14.1. The summed E-state index contributed by atoms with van der Waals surface area (Å²) >= 11 is 0. The summed E-state index contributed by atoms with van der Waals surface area (Å²) in [5.41, 5.74) is 1.83. The van der Waals surface area contributed by atoms with E-state index in [1.54, 1.807) is 4.90 Å². The summed E-state index contributed by atoms with van der Waals surface area (Å²) in [5.74, 6) is 0.660. The molecule has 130 valence electrons. The molecule has 2 amide bonds. The SMILES string of the molecule is CCCN(CCO)C(=O)Nc1cc(-c2ccccc2)nn1C(C)C. The zero-order chi connectivity index (χ0) is 17.5. The normalized spacial score (nSPS) is 10.9. The van der Waals surface area contributed by atoms with Crippen LogP contribution in [0.3, 0.4) is 0 Å². The predicted molar refractivity (Wildman–Crippen MR) is 96.0 cm³/mol. The highest BCUT2D eigenvalue weighted by Gasteiger charge is 2.17. The molecule has 24 heavy (non-hydrogen) atoms. The minimum Gasteiger partial charge on any atom is -0.395 e. The van der Waals surface area contributed by atoms with E-state index >= 15 is 0 Å². The maximum Gasteiger partial charge on any atom is 0.323 e. The van der Waals surface area contributed by atoms with Gasteiger partial charge in [0.25, 0.3) is 0 Å². The van der Waals surface area contributed by atoms with Crippen molar-refractivity contribution in [3.8, 4) is 11.3 Å². The van der Waals surface area contributed by atoms with Crippen LogP contribution in [0.2, 0.25) is 0 Å². The number of urea groups is 1. The number of carbonyl (C=O) groups excluding carboxylic acids is 1. The van der Waals surface area contributed by atoms with Crippen LogP contribution < -0.4 is 5.32 Å². The smallest absolute Gasteiger partial charge is 0.323 e. The maximum absolute atomic E-state index is 12.5. The quantitative estimate of drug-likeness (QED) is 0.818. The van der Waals surface area contributed by atoms with Crippen LogP contribution in [0.4, 0.5) is 10.6 Å². The third-order valence-corrected chi connectivity index (χ3v) is 3.68. The molecule has 6 heteroatoms. The molecule has 0 radical (unpaired) electrons. The topological polar surface area (TPSA) is 70.4 Å². The lowest BCUT2D eigenvalue weighted by Gasteiger charge is -2.22. The summed E-state index contributed by atoms with van der Waals surface area (Å²) in [6, 6.07) is 11.7. The average molecular weight is 330 g/mol. The van der Waals surface area contributed by atoms with Crippen molar-refractivity contribution in [1.29, 1.82) is 0 Å². The molecule has 1 heterocycles. The molecule has 2 rings (SSSR count). The van der Waals surface area contributed by atoms with Gasteiger partial charge in [-0.05, 0) is 20.3 Å². The molecule has 0 aliphatic rings. The Hall–Kier alpha value is -2.34. The number of aliphatic hydroxyl groups is 1. The molecular weight excluding hydrogens is 304 g/mol. The van der Waals surface area contributed by atoms with Crippen molar-refractivity contribution in [1.82, 2.24) is 14.7 Å². The highest BCUT2D eigenvalue weighted by Crippen LogP contribution is 2.24. The highest BCUT2D eigenvalue weighted by molar-refractivity contribution is 5.89. The Kier molecular flexibility index (Phi) is 6.37. The van der Waals surface area contributed by atoms with Gasteiger partial charge < -0.3 is 10.0 Å². The van der Waals surface area contributed by atoms with Crippen molar-refractivity contribution in [2.75, 3.05) is 25.0 Å². The number of anilines is 1. The second-order valence-electron chi connectivity index (χ2n) is 5.96. The van der Waals surface area contributed by atoms with E-state index in [0.29, 0.717) is 18.9 Å². The average Bonchev–Trinajstić information content (AvgIpc) is 2.99. The van der Waals surface area contributed by atoms with Gasteiger partial charge >= 0.3 is 6.03 Å². The molecule has 0 fully saturated rings. The number of hydrogen-bond acceptors (Lipinski definition) is 3. The van der Waals surface area contributed by atoms with Crippen molar-refractivity contribution in [3.63, 3.8) is 0 Å². The van der Waals surface area contributed by atoms with Crippen LogP contribution in [0.5, 0.6) is 0 Å². The number of hydrogen-bond donors (Lipinski definition) is 2. The number of rotatable bonds is 7. The second-order valence-corrected chi connectivity index (χ2v) is 5.96. The fraction of sp³-hybridized carbons (Fsp3) is 0.444. The van der Waals surface area contributed by atoms with Crippen LogP contribution in [-0.2, 0) is 0 Å². The Bertz CT molecular complexity index is 646. The lowest BCUT2D eigenvalue weighted by atomic mass is 10.2.